The number of carbonyl (C=O) groups is 2. The third kappa shape index (κ3) is 6.17. The highest BCUT2D eigenvalue weighted by molar-refractivity contribution is 7.99. The standard InChI is InChI=1S/C17H18N4O4S/c1-12(22)20-16(17(23)19-10-13-5-2-3-8-18-13)11-26-15-7-4-6-14(9-15)21(24)25/h2-9,16H,10-11H2,1H3,(H,19,23)(H,20,22). The molecule has 0 bridgehead atoms. The summed E-state index contributed by atoms with van der Waals surface area (Å²) in [6, 6.07) is 10.7. The number of hydrogen-bond donors (Lipinski definition) is 2. The van der Waals surface area contributed by atoms with Gasteiger partial charge in [0.25, 0.3) is 5.69 Å². The van der Waals surface area contributed by atoms with Crippen molar-refractivity contribution in [1.82, 2.24) is 15.6 Å². The first kappa shape index (κ1) is 19.4. The molecule has 2 rings (SSSR count). The van der Waals surface area contributed by atoms with Gasteiger partial charge in [-0.15, -0.1) is 11.8 Å². The van der Waals surface area contributed by atoms with Gasteiger partial charge in [0.2, 0.25) is 11.8 Å². The molecule has 0 saturated heterocycles. The summed E-state index contributed by atoms with van der Waals surface area (Å²) in [4.78, 5) is 38.9. The number of hydrogen-bond acceptors (Lipinski definition) is 6. The molecule has 0 aliphatic carbocycles. The van der Waals surface area contributed by atoms with Gasteiger partial charge in [-0.05, 0) is 18.2 Å². The van der Waals surface area contributed by atoms with Gasteiger partial charge in [-0.2, -0.15) is 0 Å². The molecule has 2 N–H and O–H groups in total. The van der Waals surface area contributed by atoms with Crippen molar-refractivity contribution in [2.24, 2.45) is 0 Å². The monoisotopic (exact) mass is 374 g/mol. The first-order chi connectivity index (χ1) is 12.5. The summed E-state index contributed by atoms with van der Waals surface area (Å²) in [6.45, 7) is 1.58. The Morgan fingerprint density at radius 1 is 1.27 bits per heavy atom. The van der Waals surface area contributed by atoms with Gasteiger partial charge in [0, 0.05) is 35.9 Å². The molecule has 1 heterocycles. The maximum absolute atomic E-state index is 12.4. The van der Waals surface area contributed by atoms with E-state index in [4.69, 9.17) is 0 Å². The van der Waals surface area contributed by atoms with E-state index in [0.717, 1.165) is 0 Å². The van der Waals surface area contributed by atoms with Crippen LogP contribution in [0.15, 0.2) is 53.6 Å². The van der Waals surface area contributed by atoms with Gasteiger partial charge in [-0.3, -0.25) is 24.7 Å². The van der Waals surface area contributed by atoms with Crippen LogP contribution >= 0.6 is 11.8 Å². The average Bonchev–Trinajstić information content (AvgIpc) is 2.64. The summed E-state index contributed by atoms with van der Waals surface area (Å²) in [5.41, 5.74) is 0.680. The molecule has 2 amide bonds. The zero-order valence-electron chi connectivity index (χ0n) is 14.0. The van der Waals surface area contributed by atoms with E-state index >= 15 is 0 Å². The number of benzene rings is 1. The number of nitrogens with one attached hydrogen (secondary N) is 2. The average molecular weight is 374 g/mol. The summed E-state index contributed by atoms with van der Waals surface area (Å²) < 4.78 is 0. The molecule has 0 radical (unpaired) electrons. The van der Waals surface area contributed by atoms with Gasteiger partial charge in [0.1, 0.15) is 6.04 Å². The summed E-state index contributed by atoms with van der Waals surface area (Å²) in [5, 5.41) is 16.2. The van der Waals surface area contributed by atoms with Crippen molar-refractivity contribution < 1.29 is 14.5 Å². The molecule has 0 aliphatic rings. The van der Waals surface area contributed by atoms with Crippen LogP contribution in [0.25, 0.3) is 0 Å². The predicted octanol–water partition coefficient (Wildman–Crippen LogP) is 1.90. The van der Waals surface area contributed by atoms with Crippen molar-refractivity contribution in [3.8, 4) is 0 Å². The van der Waals surface area contributed by atoms with Gasteiger partial charge < -0.3 is 10.6 Å². The van der Waals surface area contributed by atoms with Crippen LogP contribution in [0.4, 0.5) is 5.69 Å². The first-order valence-electron chi connectivity index (χ1n) is 7.77. The molecule has 0 spiro atoms. The first-order valence-corrected chi connectivity index (χ1v) is 8.76. The second kappa shape index (κ2) is 9.52. The van der Waals surface area contributed by atoms with Crippen LogP contribution in [0.2, 0.25) is 0 Å². The highest BCUT2D eigenvalue weighted by Crippen LogP contribution is 2.23. The number of nitro groups is 1. The van der Waals surface area contributed by atoms with E-state index in [1.54, 1.807) is 30.5 Å². The Balaban J connectivity index is 1.97. The number of thioether (sulfide) groups is 1. The molecule has 0 fully saturated rings. The quantitative estimate of drug-likeness (QED) is 0.414. The van der Waals surface area contributed by atoms with Gasteiger partial charge in [-0.25, -0.2) is 0 Å². The van der Waals surface area contributed by atoms with Crippen LogP contribution in [0, 0.1) is 10.1 Å². The number of aromatic nitrogens is 1. The number of pyridine rings is 1. The van der Waals surface area contributed by atoms with Gasteiger partial charge >= 0.3 is 0 Å². The fourth-order valence-electron chi connectivity index (χ4n) is 2.10. The molecular formula is C17H18N4O4S. The Labute approximate surface area is 154 Å². The van der Waals surface area contributed by atoms with Gasteiger partial charge in [-0.1, -0.05) is 12.1 Å². The van der Waals surface area contributed by atoms with E-state index in [9.17, 15) is 19.7 Å². The molecule has 26 heavy (non-hydrogen) atoms. The molecule has 0 aliphatic heterocycles. The largest absolute Gasteiger partial charge is 0.349 e. The summed E-state index contributed by atoms with van der Waals surface area (Å²) in [5.74, 6) is -0.430. The minimum absolute atomic E-state index is 0.0225. The molecule has 1 atom stereocenters. The Morgan fingerprint density at radius 3 is 2.73 bits per heavy atom. The third-order valence-corrected chi connectivity index (χ3v) is 4.40. The summed E-state index contributed by atoms with van der Waals surface area (Å²) in [6.07, 6.45) is 1.63. The second-order valence-electron chi connectivity index (χ2n) is 5.36. The minimum atomic E-state index is -0.763. The molecule has 9 heteroatoms. The lowest BCUT2D eigenvalue weighted by Crippen LogP contribution is -2.47. The summed E-state index contributed by atoms with van der Waals surface area (Å²) >= 11 is 1.26. The van der Waals surface area contributed by atoms with Crippen LogP contribution in [-0.2, 0) is 16.1 Å². The van der Waals surface area contributed by atoms with E-state index < -0.39 is 11.0 Å². The number of rotatable bonds is 8. The number of amides is 2. The number of carbonyl (C=O) groups excluding carboxylic acids is 2. The van der Waals surface area contributed by atoms with Crippen molar-refractivity contribution in [3.05, 3.63) is 64.5 Å². The zero-order valence-corrected chi connectivity index (χ0v) is 14.9. The van der Waals surface area contributed by atoms with Crippen LogP contribution in [-0.4, -0.2) is 33.5 Å². The fourth-order valence-corrected chi connectivity index (χ4v) is 3.07. The van der Waals surface area contributed by atoms with Crippen LogP contribution in [0.5, 0.6) is 0 Å². The molecule has 1 aromatic heterocycles. The second-order valence-corrected chi connectivity index (χ2v) is 6.45. The highest BCUT2D eigenvalue weighted by Gasteiger charge is 2.20. The Morgan fingerprint density at radius 2 is 2.08 bits per heavy atom. The summed E-state index contributed by atoms with van der Waals surface area (Å²) in [7, 11) is 0. The molecule has 1 unspecified atom stereocenters. The third-order valence-electron chi connectivity index (χ3n) is 3.31. The van der Waals surface area contributed by atoms with Gasteiger partial charge in [0.05, 0.1) is 17.2 Å². The maximum Gasteiger partial charge on any atom is 0.270 e. The Hall–Kier alpha value is -2.94. The van der Waals surface area contributed by atoms with E-state index in [0.29, 0.717) is 10.6 Å². The van der Waals surface area contributed by atoms with E-state index in [1.165, 1.54) is 30.8 Å². The van der Waals surface area contributed by atoms with Crippen molar-refractivity contribution in [2.75, 3.05) is 5.75 Å². The van der Waals surface area contributed by atoms with Gasteiger partial charge in [0.15, 0.2) is 0 Å². The lowest BCUT2D eigenvalue weighted by Gasteiger charge is -2.17. The molecule has 2 aromatic rings. The molecule has 1 aromatic carbocycles. The van der Waals surface area contributed by atoms with Crippen molar-refractivity contribution in [1.29, 1.82) is 0 Å². The molecule has 8 nitrogen and oxygen atoms in total. The molecule has 0 saturated carbocycles. The lowest BCUT2D eigenvalue weighted by molar-refractivity contribution is -0.385. The van der Waals surface area contributed by atoms with Crippen molar-refractivity contribution in [2.45, 2.75) is 24.4 Å². The number of nitro benzene ring substituents is 1. The maximum atomic E-state index is 12.4. The molecular weight excluding hydrogens is 356 g/mol. The van der Waals surface area contributed by atoms with E-state index in [2.05, 4.69) is 15.6 Å². The van der Waals surface area contributed by atoms with Crippen LogP contribution in [0.1, 0.15) is 12.6 Å². The normalized spacial score (nSPS) is 11.4. The molecule has 136 valence electrons. The van der Waals surface area contributed by atoms with E-state index in [-0.39, 0.29) is 29.8 Å². The van der Waals surface area contributed by atoms with Crippen molar-refractivity contribution in [3.63, 3.8) is 0 Å². The van der Waals surface area contributed by atoms with Crippen LogP contribution in [0.3, 0.4) is 0 Å². The predicted molar refractivity (Wildman–Crippen MR) is 97.5 cm³/mol. The van der Waals surface area contributed by atoms with Crippen molar-refractivity contribution >= 4 is 29.3 Å². The van der Waals surface area contributed by atoms with E-state index in [1.807, 2.05) is 6.07 Å². The lowest BCUT2D eigenvalue weighted by atomic mass is 10.3. The minimum Gasteiger partial charge on any atom is -0.349 e. The smallest absolute Gasteiger partial charge is 0.270 e. The Bertz CT molecular complexity index is 785. The van der Waals surface area contributed by atoms with Crippen LogP contribution < -0.4 is 10.6 Å². The number of non-ortho nitro benzene ring substituents is 1. The topological polar surface area (TPSA) is 114 Å². The Kier molecular flexibility index (Phi) is 7.10. The zero-order chi connectivity index (χ0) is 18.9. The SMILES string of the molecule is CC(=O)NC(CSc1cccc([N+](=O)[O-])c1)C(=O)NCc1ccccn1. The highest BCUT2D eigenvalue weighted by atomic mass is 32.2. The number of nitrogens with zero attached hydrogens (tertiary/aromatic N) is 2. The fraction of sp³-hybridized carbons (Fsp3) is 0.235.